The van der Waals surface area contributed by atoms with E-state index in [0.717, 1.165) is 47.8 Å². The predicted molar refractivity (Wildman–Crippen MR) is 144 cm³/mol. The Labute approximate surface area is 222 Å². The van der Waals surface area contributed by atoms with Gasteiger partial charge >= 0.3 is 5.63 Å². The molecule has 0 unspecified atom stereocenters. The molecule has 7 heteroatoms. The molecule has 2 aromatic carbocycles. The lowest BCUT2D eigenvalue weighted by molar-refractivity contribution is -0.161. The summed E-state index contributed by atoms with van der Waals surface area (Å²) in [7, 11) is 0. The number of nitrogens with zero attached hydrogens (tertiary/aromatic N) is 1. The maximum atomic E-state index is 14.0. The van der Waals surface area contributed by atoms with Crippen LogP contribution in [-0.2, 0) is 11.2 Å². The molecule has 5 rings (SSSR count). The Bertz CT molecular complexity index is 1370. The molecular weight excluding hydrogens is 490 g/mol. The highest BCUT2D eigenvalue weighted by Gasteiger charge is 2.50. The van der Waals surface area contributed by atoms with Crippen LogP contribution in [0.25, 0.3) is 11.0 Å². The fourth-order valence-electron chi connectivity index (χ4n) is 6.32. The SMILES string of the molecule is CCc1cc(=O)oc2cc(C)cc(O[C@H](C)C(=O)N3CC[C@]4(O)CCCC[C@H]4[C@@H]3c3ccc(Cl)cc3)c12. The van der Waals surface area contributed by atoms with Gasteiger partial charge in [0.1, 0.15) is 11.3 Å². The molecule has 0 radical (unpaired) electrons. The first-order valence-corrected chi connectivity index (χ1v) is 13.6. The number of hydrogen-bond acceptors (Lipinski definition) is 5. The molecule has 3 aromatic rings. The Morgan fingerprint density at radius 3 is 2.70 bits per heavy atom. The van der Waals surface area contributed by atoms with Crippen LogP contribution in [-0.4, -0.2) is 34.2 Å². The standard InChI is InChI=1S/C30H34ClNO5/c1-4-20-17-26(33)37-25-16-18(2)15-24(27(20)25)36-19(3)29(34)32-14-13-30(35)12-6-5-7-23(30)28(32)21-8-10-22(31)11-9-21/h8-11,15-17,19,23,28,35H,4-7,12-14H2,1-3H3/t19-,23+,28+,30-/m1/s1. The minimum atomic E-state index is -0.774. The van der Waals surface area contributed by atoms with E-state index in [0.29, 0.717) is 35.7 Å². The van der Waals surface area contributed by atoms with Crippen LogP contribution >= 0.6 is 11.6 Å². The van der Waals surface area contributed by atoms with E-state index >= 15 is 0 Å². The van der Waals surface area contributed by atoms with Gasteiger partial charge in [0, 0.05) is 23.6 Å². The van der Waals surface area contributed by atoms with Gasteiger partial charge in [0.15, 0.2) is 6.10 Å². The number of piperidine rings is 1. The van der Waals surface area contributed by atoms with Gasteiger partial charge in [0.2, 0.25) is 0 Å². The largest absolute Gasteiger partial charge is 0.480 e. The highest BCUT2D eigenvalue weighted by atomic mass is 35.5. The molecule has 1 aliphatic carbocycles. The summed E-state index contributed by atoms with van der Waals surface area (Å²) in [4.78, 5) is 27.9. The number of aliphatic hydroxyl groups is 1. The van der Waals surface area contributed by atoms with Gasteiger partial charge in [0.25, 0.3) is 5.91 Å². The number of amides is 1. The van der Waals surface area contributed by atoms with Gasteiger partial charge in [-0.3, -0.25) is 4.79 Å². The molecule has 196 valence electrons. The third-order valence-corrected chi connectivity index (χ3v) is 8.38. The molecule has 37 heavy (non-hydrogen) atoms. The molecule has 1 saturated heterocycles. The Balaban J connectivity index is 1.49. The van der Waals surface area contributed by atoms with E-state index in [1.54, 1.807) is 6.92 Å². The van der Waals surface area contributed by atoms with Crippen molar-refractivity contribution in [3.63, 3.8) is 0 Å². The zero-order chi connectivity index (χ0) is 26.3. The van der Waals surface area contributed by atoms with Crippen LogP contribution in [0.5, 0.6) is 5.75 Å². The number of ether oxygens (including phenoxy) is 1. The topological polar surface area (TPSA) is 80.0 Å². The number of carbonyl (C=O) groups excluding carboxylic acids is 1. The number of benzene rings is 2. The summed E-state index contributed by atoms with van der Waals surface area (Å²) in [5.74, 6) is 0.358. The van der Waals surface area contributed by atoms with Crippen LogP contribution in [0.4, 0.5) is 0 Å². The molecule has 0 bridgehead atoms. The lowest BCUT2D eigenvalue weighted by Crippen LogP contribution is -2.58. The predicted octanol–water partition coefficient (Wildman–Crippen LogP) is 5.98. The summed E-state index contributed by atoms with van der Waals surface area (Å²) in [6.07, 6.45) is 4.08. The van der Waals surface area contributed by atoms with Gasteiger partial charge < -0.3 is 19.2 Å². The van der Waals surface area contributed by atoms with Gasteiger partial charge in [-0.15, -0.1) is 0 Å². The molecular formula is C30H34ClNO5. The summed E-state index contributed by atoms with van der Waals surface area (Å²) in [6, 6.07) is 12.5. The summed E-state index contributed by atoms with van der Waals surface area (Å²) < 4.78 is 11.8. The van der Waals surface area contributed by atoms with E-state index in [9.17, 15) is 14.7 Å². The fourth-order valence-corrected chi connectivity index (χ4v) is 6.44. The van der Waals surface area contributed by atoms with Crippen molar-refractivity contribution in [2.75, 3.05) is 6.54 Å². The summed E-state index contributed by atoms with van der Waals surface area (Å²) in [5.41, 5.74) is 1.97. The van der Waals surface area contributed by atoms with Gasteiger partial charge in [-0.2, -0.15) is 0 Å². The third-order valence-electron chi connectivity index (χ3n) is 8.13. The average Bonchev–Trinajstić information content (AvgIpc) is 2.87. The molecule has 0 spiro atoms. The maximum Gasteiger partial charge on any atom is 0.336 e. The van der Waals surface area contributed by atoms with Crippen molar-refractivity contribution in [3.05, 3.63) is 74.6 Å². The van der Waals surface area contributed by atoms with Crippen molar-refractivity contribution in [3.8, 4) is 5.75 Å². The number of likely N-dealkylation sites (tertiary alicyclic amines) is 1. The van der Waals surface area contributed by atoms with Gasteiger partial charge in [-0.05, 0) is 80.5 Å². The normalized spacial score (nSPS) is 24.5. The second kappa shape index (κ2) is 10.1. The molecule has 1 aromatic heterocycles. The van der Waals surface area contributed by atoms with Crippen molar-refractivity contribution in [2.24, 2.45) is 5.92 Å². The highest BCUT2D eigenvalue weighted by Crippen LogP contribution is 2.49. The second-order valence-electron chi connectivity index (χ2n) is 10.6. The molecule has 4 atom stereocenters. The van der Waals surface area contributed by atoms with E-state index in [4.69, 9.17) is 20.8 Å². The van der Waals surface area contributed by atoms with Crippen molar-refractivity contribution in [1.29, 1.82) is 0 Å². The zero-order valence-corrected chi connectivity index (χ0v) is 22.4. The molecule has 2 heterocycles. The first kappa shape index (κ1) is 25.8. The smallest absolute Gasteiger partial charge is 0.336 e. The summed E-state index contributed by atoms with van der Waals surface area (Å²) >= 11 is 6.17. The number of aryl methyl sites for hydroxylation is 2. The van der Waals surface area contributed by atoms with Crippen LogP contribution < -0.4 is 10.4 Å². The maximum absolute atomic E-state index is 14.0. The summed E-state index contributed by atoms with van der Waals surface area (Å²) in [6.45, 7) is 6.10. The van der Waals surface area contributed by atoms with E-state index in [1.165, 1.54) is 6.07 Å². The van der Waals surface area contributed by atoms with Crippen LogP contribution in [0.3, 0.4) is 0 Å². The van der Waals surface area contributed by atoms with E-state index in [2.05, 4.69) is 0 Å². The fraction of sp³-hybridized carbons (Fsp3) is 0.467. The summed E-state index contributed by atoms with van der Waals surface area (Å²) in [5, 5.41) is 12.9. The number of rotatable bonds is 5. The van der Waals surface area contributed by atoms with Gasteiger partial charge in [-0.25, -0.2) is 4.79 Å². The average molecular weight is 524 g/mol. The number of fused-ring (bicyclic) bond motifs is 2. The molecule has 1 aliphatic heterocycles. The Morgan fingerprint density at radius 1 is 1.22 bits per heavy atom. The van der Waals surface area contributed by atoms with Crippen LogP contribution in [0.1, 0.15) is 68.7 Å². The zero-order valence-electron chi connectivity index (χ0n) is 21.6. The molecule has 2 fully saturated rings. The first-order valence-electron chi connectivity index (χ1n) is 13.2. The quantitative estimate of drug-likeness (QED) is 0.416. The van der Waals surface area contributed by atoms with E-state index < -0.39 is 17.3 Å². The Hall–Kier alpha value is -2.83. The van der Waals surface area contributed by atoms with Crippen molar-refractivity contribution >= 4 is 28.5 Å². The minimum Gasteiger partial charge on any atom is -0.480 e. The van der Waals surface area contributed by atoms with Crippen LogP contribution in [0, 0.1) is 12.8 Å². The Kier molecular flexibility index (Phi) is 7.08. The highest BCUT2D eigenvalue weighted by molar-refractivity contribution is 6.30. The van der Waals surface area contributed by atoms with E-state index in [-0.39, 0.29) is 17.9 Å². The van der Waals surface area contributed by atoms with Gasteiger partial charge in [0.05, 0.1) is 17.0 Å². The minimum absolute atomic E-state index is 0.0481. The second-order valence-corrected chi connectivity index (χ2v) is 11.0. The first-order chi connectivity index (χ1) is 17.7. The van der Waals surface area contributed by atoms with Crippen LogP contribution in [0.15, 0.2) is 51.7 Å². The van der Waals surface area contributed by atoms with Crippen LogP contribution in [0.2, 0.25) is 5.02 Å². The molecule has 2 aliphatic rings. The molecule has 6 nitrogen and oxygen atoms in total. The van der Waals surface area contributed by atoms with Crippen molar-refractivity contribution in [1.82, 2.24) is 4.90 Å². The van der Waals surface area contributed by atoms with Crippen molar-refractivity contribution < 1.29 is 19.1 Å². The van der Waals surface area contributed by atoms with Gasteiger partial charge in [-0.1, -0.05) is 43.5 Å². The monoisotopic (exact) mass is 523 g/mol. The number of carbonyl (C=O) groups is 1. The molecule has 1 saturated carbocycles. The lowest BCUT2D eigenvalue weighted by Gasteiger charge is -2.53. The van der Waals surface area contributed by atoms with E-state index in [1.807, 2.05) is 55.1 Å². The third kappa shape index (κ3) is 4.89. The lowest BCUT2D eigenvalue weighted by atomic mass is 9.66. The Morgan fingerprint density at radius 2 is 1.97 bits per heavy atom. The molecule has 1 N–H and O–H groups in total. The number of hydrogen-bond donors (Lipinski definition) is 1. The molecule has 1 amide bonds. The van der Waals surface area contributed by atoms with Crippen molar-refractivity contribution in [2.45, 2.75) is 77.0 Å². The number of halogens is 1.